The molecule has 128 valence electrons. The quantitative estimate of drug-likeness (QED) is 0.588. The monoisotopic (exact) mass is 403 g/mol. The molecule has 25 heavy (non-hydrogen) atoms. The Morgan fingerprint density at radius 3 is 2.64 bits per heavy atom. The zero-order chi connectivity index (χ0) is 17.8. The highest BCUT2D eigenvalue weighted by Gasteiger charge is 2.10. The van der Waals surface area contributed by atoms with Gasteiger partial charge in [-0.1, -0.05) is 28.1 Å². The van der Waals surface area contributed by atoms with E-state index >= 15 is 0 Å². The van der Waals surface area contributed by atoms with Gasteiger partial charge in [-0.3, -0.25) is 0 Å². The van der Waals surface area contributed by atoms with Crippen molar-refractivity contribution in [3.05, 3.63) is 64.4 Å². The van der Waals surface area contributed by atoms with E-state index in [1.165, 1.54) is 19.2 Å². The van der Waals surface area contributed by atoms with E-state index in [4.69, 9.17) is 4.74 Å². The standard InChI is InChI=1S/C19H15BrFNO3/c1-24-19(23)11-25-10-13-8-18(12-2-4-14(20)5-3-12)22-17-7-6-15(21)9-16(13)17/h2-9H,10-11H2,1H3. The Hall–Kier alpha value is -2.31. The van der Waals surface area contributed by atoms with Gasteiger partial charge in [0.2, 0.25) is 0 Å². The van der Waals surface area contributed by atoms with Crippen molar-refractivity contribution in [2.45, 2.75) is 6.61 Å². The fraction of sp³-hybridized carbons (Fsp3) is 0.158. The van der Waals surface area contributed by atoms with Crippen LogP contribution in [0.25, 0.3) is 22.2 Å². The highest BCUT2D eigenvalue weighted by atomic mass is 79.9. The first-order valence-electron chi connectivity index (χ1n) is 7.56. The number of carbonyl (C=O) groups is 1. The number of fused-ring (bicyclic) bond motifs is 1. The van der Waals surface area contributed by atoms with E-state index in [1.807, 2.05) is 30.3 Å². The van der Waals surface area contributed by atoms with Crippen molar-refractivity contribution in [1.82, 2.24) is 4.98 Å². The molecule has 0 bridgehead atoms. The number of rotatable bonds is 5. The molecule has 0 radical (unpaired) electrons. The summed E-state index contributed by atoms with van der Waals surface area (Å²) >= 11 is 3.41. The summed E-state index contributed by atoms with van der Waals surface area (Å²) in [5.41, 5.74) is 3.11. The Morgan fingerprint density at radius 2 is 1.92 bits per heavy atom. The smallest absolute Gasteiger partial charge is 0.331 e. The van der Waals surface area contributed by atoms with Crippen molar-refractivity contribution in [2.75, 3.05) is 13.7 Å². The van der Waals surface area contributed by atoms with Crippen LogP contribution >= 0.6 is 15.9 Å². The number of pyridine rings is 1. The SMILES string of the molecule is COC(=O)COCc1cc(-c2ccc(Br)cc2)nc2ccc(F)cc12. The molecule has 0 atom stereocenters. The van der Waals surface area contributed by atoms with E-state index in [2.05, 4.69) is 25.7 Å². The van der Waals surface area contributed by atoms with E-state index in [9.17, 15) is 9.18 Å². The van der Waals surface area contributed by atoms with E-state index < -0.39 is 5.97 Å². The molecule has 0 N–H and O–H groups in total. The minimum absolute atomic E-state index is 0.154. The summed E-state index contributed by atoms with van der Waals surface area (Å²) in [6.07, 6.45) is 0. The fourth-order valence-electron chi connectivity index (χ4n) is 2.46. The summed E-state index contributed by atoms with van der Waals surface area (Å²) in [5, 5.41) is 0.658. The average molecular weight is 404 g/mol. The average Bonchev–Trinajstić information content (AvgIpc) is 2.62. The van der Waals surface area contributed by atoms with Crippen LogP contribution in [0.15, 0.2) is 53.0 Å². The molecule has 0 aliphatic rings. The number of methoxy groups -OCH3 is 1. The molecule has 1 aromatic heterocycles. The van der Waals surface area contributed by atoms with Gasteiger partial charge in [0.25, 0.3) is 0 Å². The first-order chi connectivity index (χ1) is 12.1. The topological polar surface area (TPSA) is 48.4 Å². The Labute approximate surface area is 152 Å². The third kappa shape index (κ3) is 4.21. The number of nitrogens with zero attached hydrogens (tertiary/aromatic N) is 1. The molecular weight excluding hydrogens is 389 g/mol. The first kappa shape index (κ1) is 17.5. The molecule has 0 amide bonds. The molecule has 1 heterocycles. The lowest BCUT2D eigenvalue weighted by Gasteiger charge is -2.11. The Kier molecular flexibility index (Phi) is 5.40. The van der Waals surface area contributed by atoms with Crippen LogP contribution in [0.2, 0.25) is 0 Å². The van der Waals surface area contributed by atoms with Gasteiger partial charge >= 0.3 is 5.97 Å². The summed E-state index contributed by atoms with van der Waals surface area (Å²) in [6, 6.07) is 14.0. The number of halogens is 2. The lowest BCUT2D eigenvalue weighted by molar-refractivity contribution is -0.146. The van der Waals surface area contributed by atoms with Crippen LogP contribution in [0.5, 0.6) is 0 Å². The highest BCUT2D eigenvalue weighted by molar-refractivity contribution is 9.10. The van der Waals surface area contributed by atoms with Crippen molar-refractivity contribution in [3.63, 3.8) is 0 Å². The second-order valence-electron chi connectivity index (χ2n) is 5.40. The largest absolute Gasteiger partial charge is 0.467 e. The maximum Gasteiger partial charge on any atom is 0.331 e. The van der Waals surface area contributed by atoms with E-state index in [0.717, 1.165) is 21.3 Å². The zero-order valence-corrected chi connectivity index (χ0v) is 15.0. The summed E-state index contributed by atoms with van der Waals surface area (Å²) in [7, 11) is 1.30. The van der Waals surface area contributed by atoms with E-state index in [-0.39, 0.29) is 19.0 Å². The van der Waals surface area contributed by atoms with Crippen LogP contribution in [0, 0.1) is 5.82 Å². The molecule has 4 nitrogen and oxygen atoms in total. The Bertz CT molecular complexity index is 912. The summed E-state index contributed by atoms with van der Waals surface area (Å²) < 4.78 is 24.6. The number of esters is 1. The molecule has 0 aliphatic carbocycles. The van der Waals surface area contributed by atoms with Crippen LogP contribution in [-0.2, 0) is 20.9 Å². The fourth-order valence-corrected chi connectivity index (χ4v) is 2.72. The molecule has 6 heteroatoms. The van der Waals surface area contributed by atoms with E-state index in [1.54, 1.807) is 6.07 Å². The number of benzene rings is 2. The minimum Gasteiger partial charge on any atom is -0.467 e. The van der Waals surface area contributed by atoms with E-state index in [0.29, 0.717) is 10.9 Å². The molecule has 0 fully saturated rings. The maximum absolute atomic E-state index is 13.6. The number of ether oxygens (including phenoxy) is 2. The number of hydrogen-bond acceptors (Lipinski definition) is 4. The van der Waals surface area contributed by atoms with Gasteiger partial charge in [0.05, 0.1) is 24.9 Å². The first-order valence-corrected chi connectivity index (χ1v) is 8.36. The lowest BCUT2D eigenvalue weighted by atomic mass is 10.0. The van der Waals surface area contributed by atoms with Crippen molar-refractivity contribution in [3.8, 4) is 11.3 Å². The molecule has 0 spiro atoms. The molecule has 0 unspecified atom stereocenters. The van der Waals surface area contributed by atoms with Crippen LogP contribution in [0.4, 0.5) is 4.39 Å². The van der Waals surface area contributed by atoms with Crippen molar-refractivity contribution >= 4 is 32.8 Å². The van der Waals surface area contributed by atoms with Crippen molar-refractivity contribution in [1.29, 1.82) is 0 Å². The molecule has 3 aromatic rings. The molecule has 2 aromatic carbocycles. The van der Waals surface area contributed by atoms with Crippen molar-refractivity contribution in [2.24, 2.45) is 0 Å². The predicted molar refractivity (Wildman–Crippen MR) is 96.5 cm³/mol. The predicted octanol–water partition coefficient (Wildman–Crippen LogP) is 4.49. The molecular formula is C19H15BrFNO3. The summed E-state index contributed by atoms with van der Waals surface area (Å²) in [5.74, 6) is -0.808. The summed E-state index contributed by atoms with van der Waals surface area (Å²) in [6.45, 7) is -0.00957. The van der Waals surface area contributed by atoms with Crippen LogP contribution in [0.3, 0.4) is 0 Å². The van der Waals surface area contributed by atoms with Gasteiger partial charge < -0.3 is 9.47 Å². The molecule has 0 aliphatic heterocycles. The minimum atomic E-state index is -0.460. The van der Waals surface area contributed by atoms with Gasteiger partial charge in [-0.15, -0.1) is 0 Å². The normalized spacial score (nSPS) is 10.8. The van der Waals surface area contributed by atoms with Crippen LogP contribution in [-0.4, -0.2) is 24.7 Å². The number of carbonyl (C=O) groups excluding carboxylic acids is 1. The molecule has 0 saturated carbocycles. The van der Waals surface area contributed by atoms with Gasteiger partial charge in [0.1, 0.15) is 12.4 Å². The zero-order valence-electron chi connectivity index (χ0n) is 13.5. The second-order valence-corrected chi connectivity index (χ2v) is 6.32. The van der Waals surface area contributed by atoms with Gasteiger partial charge in [0, 0.05) is 15.4 Å². The van der Waals surface area contributed by atoms with Crippen LogP contribution < -0.4 is 0 Å². The van der Waals surface area contributed by atoms with Gasteiger partial charge in [0.15, 0.2) is 0 Å². The Balaban J connectivity index is 2.00. The third-order valence-corrected chi connectivity index (χ3v) is 4.23. The van der Waals surface area contributed by atoms with Crippen molar-refractivity contribution < 1.29 is 18.7 Å². The highest BCUT2D eigenvalue weighted by Crippen LogP contribution is 2.27. The van der Waals surface area contributed by atoms with Gasteiger partial charge in [-0.2, -0.15) is 0 Å². The summed E-state index contributed by atoms with van der Waals surface area (Å²) in [4.78, 5) is 15.8. The second kappa shape index (κ2) is 7.72. The van der Waals surface area contributed by atoms with Gasteiger partial charge in [-0.25, -0.2) is 14.2 Å². The number of aromatic nitrogens is 1. The Morgan fingerprint density at radius 1 is 1.16 bits per heavy atom. The molecule has 3 rings (SSSR count). The lowest BCUT2D eigenvalue weighted by Crippen LogP contribution is -2.10. The van der Waals surface area contributed by atoms with Crippen LogP contribution in [0.1, 0.15) is 5.56 Å². The number of hydrogen-bond donors (Lipinski definition) is 0. The third-order valence-electron chi connectivity index (χ3n) is 3.70. The maximum atomic E-state index is 13.6. The molecule has 0 saturated heterocycles. The van der Waals surface area contributed by atoms with Gasteiger partial charge in [-0.05, 0) is 42.0 Å².